The Morgan fingerprint density at radius 3 is 2.58 bits per heavy atom. The van der Waals surface area contributed by atoms with Gasteiger partial charge in [-0.1, -0.05) is 32.9 Å². The molecule has 0 spiro atoms. The summed E-state index contributed by atoms with van der Waals surface area (Å²) >= 11 is 1.65. The highest BCUT2D eigenvalue weighted by Crippen LogP contribution is 2.26. The molecular formula is C27H36N3O4S2. The van der Waals surface area contributed by atoms with Crippen molar-refractivity contribution < 1.29 is 18.3 Å². The molecule has 1 N–H and O–H groups in total. The van der Waals surface area contributed by atoms with Gasteiger partial charge in [0.05, 0.1) is 25.9 Å². The molecule has 0 aliphatic carbocycles. The number of thiazole rings is 1. The normalized spacial score (nSPS) is 16.9. The number of nitrogens with zero attached hydrogens (tertiary/aromatic N) is 3. The van der Waals surface area contributed by atoms with Crippen molar-refractivity contribution >= 4 is 31.4 Å². The van der Waals surface area contributed by atoms with E-state index in [0.717, 1.165) is 47.0 Å². The van der Waals surface area contributed by atoms with E-state index in [0.29, 0.717) is 18.8 Å². The molecule has 1 aliphatic rings. The second kappa shape index (κ2) is 11.1. The third kappa shape index (κ3) is 7.04. The number of rotatable bonds is 9. The summed E-state index contributed by atoms with van der Waals surface area (Å²) in [6, 6.07) is 14.1. The zero-order chi connectivity index (χ0) is 25.9. The molecule has 36 heavy (non-hydrogen) atoms. The number of sulfone groups is 1. The molecule has 1 atom stereocenters. The van der Waals surface area contributed by atoms with Crippen LogP contribution in [-0.2, 0) is 15.3 Å². The van der Waals surface area contributed by atoms with Gasteiger partial charge in [-0.05, 0) is 36.1 Å². The summed E-state index contributed by atoms with van der Waals surface area (Å²) in [5.41, 5.74) is 1.80. The number of fused-ring (bicyclic) bond motifs is 1. The van der Waals surface area contributed by atoms with Crippen LogP contribution in [0.4, 0.5) is 0 Å². The molecule has 0 amide bonds. The first-order valence-electron chi connectivity index (χ1n) is 12.4. The highest BCUT2D eigenvalue weighted by molar-refractivity contribution is 7.91. The van der Waals surface area contributed by atoms with E-state index in [1.165, 1.54) is 0 Å². The maximum atomic E-state index is 12.9. The van der Waals surface area contributed by atoms with Crippen LogP contribution in [0.3, 0.4) is 0 Å². The first-order chi connectivity index (χ1) is 17.0. The monoisotopic (exact) mass is 530 g/mol. The summed E-state index contributed by atoms with van der Waals surface area (Å²) < 4.78 is 32.7. The second-order valence-electron chi connectivity index (χ2n) is 10.5. The van der Waals surface area contributed by atoms with Crippen LogP contribution in [0.1, 0.15) is 31.3 Å². The molecular weight excluding hydrogens is 494 g/mol. The summed E-state index contributed by atoms with van der Waals surface area (Å²) in [6.07, 6.45) is -0.601. The second-order valence-corrected chi connectivity index (χ2v) is 13.8. The van der Waals surface area contributed by atoms with Gasteiger partial charge in [0.1, 0.15) is 18.5 Å². The lowest BCUT2D eigenvalue weighted by atomic mass is 9.87. The Morgan fingerprint density at radius 2 is 1.86 bits per heavy atom. The van der Waals surface area contributed by atoms with Gasteiger partial charge in [-0.25, -0.2) is 13.4 Å². The minimum Gasteiger partial charge on any atom is -0.491 e. The molecule has 195 valence electrons. The maximum absolute atomic E-state index is 12.9. The Bertz CT molecular complexity index is 1280. The molecule has 1 fully saturated rings. The van der Waals surface area contributed by atoms with Crippen LogP contribution in [-0.4, -0.2) is 86.0 Å². The average Bonchev–Trinajstić information content (AvgIpc) is 3.21. The number of β-amino-alcohol motifs (C(OH)–C–C–N with tert-alkyl or cyclic N) is 1. The number of benzene rings is 2. The van der Waals surface area contributed by atoms with E-state index in [-0.39, 0.29) is 22.7 Å². The van der Waals surface area contributed by atoms with Crippen molar-refractivity contribution in [1.82, 2.24) is 14.8 Å². The fraction of sp³-hybridized carbons (Fsp3) is 0.519. The van der Waals surface area contributed by atoms with E-state index in [1.54, 1.807) is 23.5 Å². The molecule has 1 saturated heterocycles. The van der Waals surface area contributed by atoms with Crippen molar-refractivity contribution in [3.8, 4) is 5.75 Å². The van der Waals surface area contributed by atoms with Crippen molar-refractivity contribution in [2.45, 2.75) is 44.1 Å². The SMILES string of the molecule is Cc1nc2cc(OC[C@H](O)CN3CCN(CCS(=O)(=O)c4[c]ccc(C(C)(C)C)c4)CC3)ccc2s1. The standard InChI is InChI=1S/C27H36N3O4S2/c1-20-28-25-17-23(8-9-26(25)35-20)34-19-22(31)18-30-12-10-29(11-13-30)14-15-36(32,33)24-7-5-6-21(16-24)27(2,3)4/h5-6,8-9,16-17,22,31H,10-15,18-19H2,1-4H3/t22-/m1/s1. The molecule has 4 rings (SSSR count). The molecule has 1 radical (unpaired) electrons. The van der Waals surface area contributed by atoms with Crippen LogP contribution in [0.15, 0.2) is 41.3 Å². The first kappa shape index (κ1) is 27.0. The van der Waals surface area contributed by atoms with Gasteiger partial charge in [0.15, 0.2) is 9.84 Å². The summed E-state index contributed by atoms with van der Waals surface area (Å²) in [6.45, 7) is 12.6. The highest BCUT2D eigenvalue weighted by atomic mass is 32.2. The first-order valence-corrected chi connectivity index (χ1v) is 14.8. The number of hydrogen-bond acceptors (Lipinski definition) is 8. The molecule has 0 unspecified atom stereocenters. The molecule has 2 aromatic carbocycles. The number of aryl methyl sites for hydroxylation is 1. The third-order valence-electron chi connectivity index (χ3n) is 6.49. The van der Waals surface area contributed by atoms with Gasteiger partial charge >= 0.3 is 0 Å². The fourth-order valence-corrected chi connectivity index (χ4v) is 6.38. The van der Waals surface area contributed by atoms with Crippen molar-refractivity contribution in [2.24, 2.45) is 0 Å². The van der Waals surface area contributed by atoms with Crippen LogP contribution in [0.5, 0.6) is 5.75 Å². The molecule has 9 heteroatoms. The van der Waals surface area contributed by atoms with Crippen LogP contribution in [0, 0.1) is 13.0 Å². The Hall–Kier alpha value is -2.04. The lowest BCUT2D eigenvalue weighted by Crippen LogP contribution is -2.50. The van der Waals surface area contributed by atoms with E-state index < -0.39 is 15.9 Å². The fourth-order valence-electron chi connectivity index (χ4n) is 4.30. The lowest BCUT2D eigenvalue weighted by Gasteiger charge is -2.35. The Balaban J connectivity index is 1.20. The number of ether oxygens (including phenoxy) is 1. The van der Waals surface area contributed by atoms with E-state index in [4.69, 9.17) is 4.74 Å². The zero-order valence-electron chi connectivity index (χ0n) is 21.5. The van der Waals surface area contributed by atoms with Gasteiger partial charge in [-0.2, -0.15) is 0 Å². The number of hydrogen-bond donors (Lipinski definition) is 1. The predicted molar refractivity (Wildman–Crippen MR) is 145 cm³/mol. The van der Waals surface area contributed by atoms with Gasteiger partial charge in [-0.15, -0.1) is 11.3 Å². The molecule has 0 saturated carbocycles. The average molecular weight is 531 g/mol. The summed E-state index contributed by atoms with van der Waals surface area (Å²) in [5, 5.41) is 11.5. The van der Waals surface area contributed by atoms with E-state index in [9.17, 15) is 13.5 Å². The van der Waals surface area contributed by atoms with Gasteiger partial charge in [0, 0.05) is 51.4 Å². The summed E-state index contributed by atoms with van der Waals surface area (Å²) in [5.74, 6) is 0.791. The lowest BCUT2D eigenvalue weighted by molar-refractivity contribution is 0.0472. The van der Waals surface area contributed by atoms with E-state index >= 15 is 0 Å². The Morgan fingerprint density at radius 1 is 1.14 bits per heavy atom. The molecule has 1 aromatic heterocycles. The van der Waals surface area contributed by atoms with E-state index in [1.807, 2.05) is 31.2 Å². The van der Waals surface area contributed by atoms with Crippen molar-refractivity contribution in [2.75, 3.05) is 51.6 Å². The Labute approximate surface area is 218 Å². The predicted octanol–water partition coefficient (Wildman–Crippen LogP) is 3.53. The smallest absolute Gasteiger partial charge is 0.180 e. The topological polar surface area (TPSA) is 83.0 Å². The van der Waals surface area contributed by atoms with Gasteiger partial charge in [-0.3, -0.25) is 9.80 Å². The molecule has 0 bridgehead atoms. The molecule has 1 aliphatic heterocycles. The van der Waals surface area contributed by atoms with Crippen molar-refractivity contribution in [3.63, 3.8) is 0 Å². The minimum absolute atomic E-state index is 0.0798. The van der Waals surface area contributed by atoms with Gasteiger partial charge in [0.25, 0.3) is 0 Å². The number of aliphatic hydroxyl groups is 1. The maximum Gasteiger partial charge on any atom is 0.180 e. The van der Waals surface area contributed by atoms with Crippen LogP contribution < -0.4 is 4.74 Å². The van der Waals surface area contributed by atoms with Crippen LogP contribution >= 0.6 is 11.3 Å². The minimum atomic E-state index is -3.39. The molecule has 3 aromatic rings. The number of aromatic nitrogens is 1. The quantitative estimate of drug-likeness (QED) is 0.453. The van der Waals surface area contributed by atoms with Gasteiger partial charge in [0.2, 0.25) is 0 Å². The third-order valence-corrected chi connectivity index (χ3v) is 9.07. The highest BCUT2D eigenvalue weighted by Gasteiger charge is 2.23. The van der Waals surface area contributed by atoms with Crippen molar-refractivity contribution in [3.05, 3.63) is 53.0 Å². The van der Waals surface area contributed by atoms with Crippen LogP contribution in [0.2, 0.25) is 0 Å². The summed E-state index contributed by atoms with van der Waals surface area (Å²) in [7, 11) is -3.39. The van der Waals surface area contributed by atoms with E-state index in [2.05, 4.69) is 41.6 Å². The van der Waals surface area contributed by atoms with Crippen LogP contribution in [0.25, 0.3) is 10.2 Å². The number of aliphatic hydroxyl groups excluding tert-OH is 1. The number of piperazine rings is 1. The Kier molecular flexibility index (Phi) is 8.36. The molecule has 7 nitrogen and oxygen atoms in total. The van der Waals surface area contributed by atoms with Crippen molar-refractivity contribution in [1.29, 1.82) is 0 Å². The zero-order valence-corrected chi connectivity index (χ0v) is 23.2. The largest absolute Gasteiger partial charge is 0.491 e. The summed E-state index contributed by atoms with van der Waals surface area (Å²) in [4.78, 5) is 9.14. The van der Waals surface area contributed by atoms with Gasteiger partial charge < -0.3 is 9.84 Å². The molecule has 2 heterocycles.